The van der Waals surface area contributed by atoms with Crippen LogP contribution in [0.5, 0.6) is 0 Å². The number of sulfonamides is 1. The standard InChI is InChI=1S/C10H9FN4O4S/c1-5-7(11)2-6(9(16)17)3-8(5)20(18,19)15-10-12-4-13-14-10/h2-4H,1H3,(H,16,17)(H2,12,13,14,15). The molecule has 1 heterocycles. The molecule has 0 aliphatic heterocycles. The van der Waals surface area contributed by atoms with Gasteiger partial charge in [-0.25, -0.2) is 27.4 Å². The van der Waals surface area contributed by atoms with Gasteiger partial charge < -0.3 is 5.11 Å². The van der Waals surface area contributed by atoms with E-state index in [0.29, 0.717) is 0 Å². The summed E-state index contributed by atoms with van der Waals surface area (Å²) >= 11 is 0. The van der Waals surface area contributed by atoms with Crippen LogP contribution in [-0.4, -0.2) is 34.7 Å². The summed E-state index contributed by atoms with van der Waals surface area (Å²) in [6, 6.07) is 1.63. The van der Waals surface area contributed by atoms with Crippen molar-refractivity contribution in [2.75, 3.05) is 4.72 Å². The van der Waals surface area contributed by atoms with Gasteiger partial charge in [-0.05, 0) is 19.1 Å². The molecular weight excluding hydrogens is 291 g/mol. The first-order valence-corrected chi connectivity index (χ1v) is 6.71. The smallest absolute Gasteiger partial charge is 0.335 e. The quantitative estimate of drug-likeness (QED) is 0.765. The van der Waals surface area contributed by atoms with Gasteiger partial charge in [0.15, 0.2) is 0 Å². The van der Waals surface area contributed by atoms with Crippen LogP contribution in [0, 0.1) is 12.7 Å². The van der Waals surface area contributed by atoms with Gasteiger partial charge in [0.2, 0.25) is 5.95 Å². The van der Waals surface area contributed by atoms with Crippen LogP contribution < -0.4 is 4.72 Å². The molecule has 0 spiro atoms. The first-order valence-electron chi connectivity index (χ1n) is 5.23. The molecule has 0 saturated heterocycles. The molecule has 3 N–H and O–H groups in total. The predicted molar refractivity (Wildman–Crippen MR) is 65.3 cm³/mol. The summed E-state index contributed by atoms with van der Waals surface area (Å²) in [6.45, 7) is 1.23. The van der Waals surface area contributed by atoms with Gasteiger partial charge in [0.25, 0.3) is 10.0 Å². The lowest BCUT2D eigenvalue weighted by atomic mass is 10.1. The molecule has 1 aromatic heterocycles. The van der Waals surface area contributed by atoms with Gasteiger partial charge >= 0.3 is 5.97 Å². The van der Waals surface area contributed by atoms with Crippen molar-refractivity contribution in [3.63, 3.8) is 0 Å². The first kappa shape index (κ1) is 13.9. The van der Waals surface area contributed by atoms with Gasteiger partial charge in [0.05, 0.1) is 10.5 Å². The Balaban J connectivity index is 2.53. The third kappa shape index (κ3) is 2.59. The highest BCUT2D eigenvalue weighted by molar-refractivity contribution is 7.92. The van der Waals surface area contributed by atoms with E-state index in [1.807, 2.05) is 4.72 Å². The predicted octanol–water partition coefficient (Wildman–Crippen LogP) is 0.751. The van der Waals surface area contributed by atoms with Gasteiger partial charge in [0, 0.05) is 5.56 Å². The summed E-state index contributed by atoms with van der Waals surface area (Å²) in [7, 11) is -4.18. The zero-order valence-corrected chi connectivity index (χ0v) is 10.9. The number of nitrogens with one attached hydrogen (secondary N) is 2. The average molecular weight is 300 g/mol. The van der Waals surface area contributed by atoms with Crippen LogP contribution in [-0.2, 0) is 10.0 Å². The number of hydrogen-bond acceptors (Lipinski definition) is 5. The Morgan fingerprint density at radius 3 is 2.70 bits per heavy atom. The summed E-state index contributed by atoms with van der Waals surface area (Å²) in [4.78, 5) is 13.9. The maximum atomic E-state index is 13.6. The van der Waals surface area contributed by atoms with Crippen LogP contribution in [0.1, 0.15) is 15.9 Å². The molecule has 8 nitrogen and oxygen atoms in total. The van der Waals surface area contributed by atoms with Crippen LogP contribution in [0.25, 0.3) is 0 Å². The normalized spacial score (nSPS) is 11.3. The Morgan fingerprint density at radius 2 is 2.15 bits per heavy atom. The molecule has 0 aliphatic carbocycles. The third-order valence-electron chi connectivity index (χ3n) is 2.48. The number of benzene rings is 1. The van der Waals surface area contributed by atoms with E-state index in [1.54, 1.807) is 0 Å². The van der Waals surface area contributed by atoms with Crippen molar-refractivity contribution >= 4 is 21.9 Å². The van der Waals surface area contributed by atoms with Gasteiger partial charge in [0.1, 0.15) is 12.1 Å². The summed E-state index contributed by atoms with van der Waals surface area (Å²) < 4.78 is 39.8. The number of halogens is 1. The molecule has 0 atom stereocenters. The zero-order chi connectivity index (χ0) is 14.9. The molecular formula is C10H9FN4O4S. The number of carboxylic acids is 1. The topological polar surface area (TPSA) is 125 Å². The van der Waals surface area contributed by atoms with Crippen molar-refractivity contribution in [3.05, 3.63) is 35.4 Å². The number of aromatic nitrogens is 3. The molecule has 0 amide bonds. The maximum Gasteiger partial charge on any atom is 0.335 e. The summed E-state index contributed by atoms with van der Waals surface area (Å²) in [5, 5.41) is 14.6. The third-order valence-corrected chi connectivity index (χ3v) is 3.94. The largest absolute Gasteiger partial charge is 0.478 e. The Kier molecular flexibility index (Phi) is 3.40. The molecule has 0 radical (unpaired) electrons. The van der Waals surface area contributed by atoms with Crippen LogP contribution in [0.15, 0.2) is 23.4 Å². The lowest BCUT2D eigenvalue weighted by molar-refractivity contribution is 0.0696. The minimum absolute atomic E-state index is 0.162. The van der Waals surface area contributed by atoms with Gasteiger partial charge in [-0.3, -0.25) is 0 Å². The van der Waals surface area contributed by atoms with E-state index < -0.39 is 32.3 Å². The molecule has 106 valence electrons. The molecule has 0 aliphatic rings. The minimum atomic E-state index is -4.18. The maximum absolute atomic E-state index is 13.6. The second-order valence-electron chi connectivity index (χ2n) is 3.83. The van der Waals surface area contributed by atoms with Crippen molar-refractivity contribution in [1.29, 1.82) is 0 Å². The number of rotatable bonds is 4. The van der Waals surface area contributed by atoms with Crippen molar-refractivity contribution in [2.45, 2.75) is 11.8 Å². The van der Waals surface area contributed by atoms with E-state index in [9.17, 15) is 17.6 Å². The number of anilines is 1. The first-order chi connectivity index (χ1) is 9.31. The Bertz CT molecular complexity index is 758. The average Bonchev–Trinajstić information content (AvgIpc) is 2.83. The van der Waals surface area contributed by atoms with E-state index >= 15 is 0 Å². The Hall–Kier alpha value is -2.49. The summed E-state index contributed by atoms with van der Waals surface area (Å²) in [6.07, 6.45) is 1.08. The molecule has 2 aromatic rings. The van der Waals surface area contributed by atoms with E-state index in [2.05, 4.69) is 15.2 Å². The fraction of sp³-hybridized carbons (Fsp3) is 0.100. The van der Waals surface area contributed by atoms with Crippen LogP contribution in [0.2, 0.25) is 0 Å². The molecule has 1 aromatic carbocycles. The molecule has 0 saturated carbocycles. The number of H-pyrrole nitrogens is 1. The number of aromatic carboxylic acids is 1. The highest BCUT2D eigenvalue weighted by atomic mass is 32.2. The highest BCUT2D eigenvalue weighted by Crippen LogP contribution is 2.22. The molecule has 10 heteroatoms. The molecule has 0 unspecified atom stereocenters. The summed E-state index contributed by atoms with van der Waals surface area (Å²) in [5.41, 5.74) is -0.659. The van der Waals surface area contributed by atoms with Crippen LogP contribution >= 0.6 is 0 Å². The second kappa shape index (κ2) is 4.89. The van der Waals surface area contributed by atoms with Crippen molar-refractivity contribution < 1.29 is 22.7 Å². The van der Waals surface area contributed by atoms with Gasteiger partial charge in [-0.1, -0.05) is 0 Å². The fourth-order valence-electron chi connectivity index (χ4n) is 1.49. The molecule has 0 bridgehead atoms. The zero-order valence-electron chi connectivity index (χ0n) is 10.1. The number of hydrogen-bond donors (Lipinski definition) is 3. The highest BCUT2D eigenvalue weighted by Gasteiger charge is 2.22. The molecule has 0 fully saturated rings. The lowest BCUT2D eigenvalue weighted by Gasteiger charge is -2.10. The SMILES string of the molecule is Cc1c(F)cc(C(=O)O)cc1S(=O)(=O)Nc1ncn[nH]1. The van der Waals surface area contributed by atoms with Crippen LogP contribution in [0.3, 0.4) is 0 Å². The molecule has 20 heavy (non-hydrogen) atoms. The number of carboxylic acid groups (broad SMARTS) is 1. The van der Waals surface area contributed by atoms with E-state index in [0.717, 1.165) is 18.5 Å². The minimum Gasteiger partial charge on any atom is -0.478 e. The summed E-state index contributed by atoms with van der Waals surface area (Å²) in [5.74, 6) is -2.52. The van der Waals surface area contributed by atoms with Crippen molar-refractivity contribution in [2.24, 2.45) is 0 Å². The van der Waals surface area contributed by atoms with E-state index in [-0.39, 0.29) is 11.5 Å². The van der Waals surface area contributed by atoms with Crippen LogP contribution in [0.4, 0.5) is 10.3 Å². The number of aromatic amines is 1. The van der Waals surface area contributed by atoms with E-state index in [4.69, 9.17) is 5.11 Å². The van der Waals surface area contributed by atoms with E-state index in [1.165, 1.54) is 6.92 Å². The monoisotopic (exact) mass is 300 g/mol. The van der Waals surface area contributed by atoms with Gasteiger partial charge in [-0.2, -0.15) is 10.1 Å². The van der Waals surface area contributed by atoms with Gasteiger partial charge in [-0.15, -0.1) is 0 Å². The number of carbonyl (C=O) groups is 1. The number of nitrogens with zero attached hydrogens (tertiary/aromatic N) is 2. The molecule has 2 rings (SSSR count). The van der Waals surface area contributed by atoms with Crippen molar-refractivity contribution in [1.82, 2.24) is 15.2 Å². The fourth-order valence-corrected chi connectivity index (χ4v) is 2.74. The lowest BCUT2D eigenvalue weighted by Crippen LogP contribution is -2.17. The van der Waals surface area contributed by atoms with Crippen molar-refractivity contribution in [3.8, 4) is 0 Å². The second-order valence-corrected chi connectivity index (χ2v) is 5.48. The Morgan fingerprint density at radius 1 is 1.45 bits per heavy atom. The Labute approximate surface area is 112 Å².